The van der Waals surface area contributed by atoms with Crippen LogP contribution in [0.25, 0.3) is 0 Å². The molecule has 0 radical (unpaired) electrons. The molecule has 0 fully saturated rings. The Morgan fingerprint density at radius 1 is 1.25 bits per heavy atom. The summed E-state index contributed by atoms with van der Waals surface area (Å²) in [7, 11) is 2.94. The lowest BCUT2D eigenvalue weighted by Gasteiger charge is -2.26. The molecule has 0 N–H and O–H groups in total. The number of rotatable bonds is 9. The average Bonchev–Trinajstić information content (AvgIpc) is 2.21. The first-order valence-electron chi connectivity index (χ1n) is 6.89. The lowest BCUT2D eigenvalue weighted by atomic mass is 9.88. The highest BCUT2D eigenvalue weighted by Crippen LogP contribution is 2.30. The van der Waals surface area contributed by atoms with Crippen molar-refractivity contribution in [1.82, 2.24) is 0 Å². The molecule has 0 aliphatic rings. The van der Waals surface area contributed by atoms with Gasteiger partial charge in [-0.3, -0.25) is 0 Å². The molecule has 4 unspecified atom stereocenters. The van der Waals surface area contributed by atoms with E-state index in [2.05, 4.69) is 36.9 Å². The summed E-state index contributed by atoms with van der Waals surface area (Å²) >= 11 is 4.74. The van der Waals surface area contributed by atoms with Crippen LogP contribution < -0.4 is 0 Å². The van der Waals surface area contributed by atoms with E-state index in [0.29, 0.717) is 0 Å². The molecule has 0 rings (SSSR count). The minimum absolute atomic E-state index is 0.245. The molecule has 0 aromatic heterocycles. The third-order valence-corrected chi connectivity index (χ3v) is 4.34. The van der Waals surface area contributed by atoms with Crippen LogP contribution in [0.15, 0.2) is 0 Å². The summed E-state index contributed by atoms with van der Waals surface area (Å²) in [5.41, 5.74) is 0.759. The number of hydrogen-bond donors (Lipinski definition) is 1. The van der Waals surface area contributed by atoms with Crippen LogP contribution in [0, 0.1) is 5.92 Å². The smallest absolute Gasteiger partial charge is 0.00988 e. The van der Waals surface area contributed by atoms with E-state index >= 15 is 0 Å². The van der Waals surface area contributed by atoms with Gasteiger partial charge < -0.3 is 0 Å². The number of unbranched alkanes of at least 4 members (excludes halogenated alkanes) is 1. The topological polar surface area (TPSA) is 0 Å². The normalized spacial score (nSPS) is 19.1. The van der Waals surface area contributed by atoms with Crippen molar-refractivity contribution >= 4 is 21.9 Å². The second-order valence-electron chi connectivity index (χ2n) is 5.61. The lowest BCUT2D eigenvalue weighted by molar-refractivity contribution is 0.371. The first-order valence-corrected chi connectivity index (χ1v) is 8.00. The van der Waals surface area contributed by atoms with Crippen LogP contribution in [0.2, 0.25) is 0 Å². The maximum atomic E-state index is 4.74. The molecular formula is C14H31PS. The molecule has 16 heavy (non-hydrogen) atoms. The van der Waals surface area contributed by atoms with E-state index in [1.807, 2.05) is 0 Å². The van der Waals surface area contributed by atoms with Crippen LogP contribution in [-0.2, 0) is 0 Å². The van der Waals surface area contributed by atoms with Gasteiger partial charge in [0.25, 0.3) is 0 Å². The van der Waals surface area contributed by atoms with E-state index in [9.17, 15) is 0 Å². The van der Waals surface area contributed by atoms with E-state index in [-0.39, 0.29) is 4.75 Å². The minimum atomic E-state index is 0.245. The predicted octanol–water partition coefficient (Wildman–Crippen LogP) is 5.33. The van der Waals surface area contributed by atoms with Crippen molar-refractivity contribution in [3.63, 3.8) is 0 Å². The second kappa shape index (κ2) is 8.81. The Morgan fingerprint density at radius 2 is 1.88 bits per heavy atom. The fraction of sp³-hybridized carbons (Fsp3) is 1.00. The molecule has 2 heteroatoms. The molecule has 0 aromatic carbocycles. The molecule has 0 nitrogen and oxygen atoms in total. The fourth-order valence-electron chi connectivity index (χ4n) is 2.09. The predicted molar refractivity (Wildman–Crippen MR) is 83.7 cm³/mol. The van der Waals surface area contributed by atoms with Gasteiger partial charge in [-0.15, -0.1) is 9.24 Å². The highest BCUT2D eigenvalue weighted by atomic mass is 32.1. The molecule has 0 aliphatic carbocycles. The van der Waals surface area contributed by atoms with Crippen LogP contribution in [0.5, 0.6) is 0 Å². The van der Waals surface area contributed by atoms with Gasteiger partial charge in [0.05, 0.1) is 0 Å². The van der Waals surface area contributed by atoms with Gasteiger partial charge in [-0.25, -0.2) is 0 Å². The van der Waals surface area contributed by atoms with Gasteiger partial charge in [-0.2, -0.15) is 12.6 Å². The molecule has 0 saturated heterocycles. The second-order valence-corrected chi connectivity index (χ2v) is 7.83. The van der Waals surface area contributed by atoms with Crippen molar-refractivity contribution in [2.45, 2.75) is 83.0 Å². The summed E-state index contributed by atoms with van der Waals surface area (Å²) < 4.78 is 0.245. The zero-order valence-corrected chi connectivity index (χ0v) is 13.7. The summed E-state index contributed by atoms with van der Waals surface area (Å²) in [6, 6.07) is 0. The van der Waals surface area contributed by atoms with Crippen LogP contribution in [0.3, 0.4) is 0 Å². The van der Waals surface area contributed by atoms with Crippen LogP contribution in [0.4, 0.5) is 0 Å². The molecule has 0 aliphatic heterocycles. The Hall–Kier alpha value is 0.780. The first kappa shape index (κ1) is 16.8. The Morgan fingerprint density at radius 3 is 2.31 bits per heavy atom. The largest absolute Gasteiger partial charge is 0.173 e. The van der Waals surface area contributed by atoms with Crippen molar-refractivity contribution < 1.29 is 0 Å². The summed E-state index contributed by atoms with van der Waals surface area (Å²) in [5, 5.41) is 0. The first-order chi connectivity index (χ1) is 7.41. The van der Waals surface area contributed by atoms with Gasteiger partial charge in [0.1, 0.15) is 0 Å². The number of thiol groups is 1. The summed E-state index contributed by atoms with van der Waals surface area (Å²) in [4.78, 5) is 0. The molecule has 0 amide bonds. The van der Waals surface area contributed by atoms with Gasteiger partial charge >= 0.3 is 0 Å². The van der Waals surface area contributed by atoms with E-state index in [4.69, 9.17) is 12.6 Å². The quantitative estimate of drug-likeness (QED) is 0.421. The standard InChI is InChI=1S/C14H31PS/c1-5-7-8-13(11-12(3)15)9-10-14(4,16)6-2/h12-13,16H,5-11,15H2,1-4H3. The molecule has 0 bridgehead atoms. The maximum absolute atomic E-state index is 4.74. The zero-order valence-electron chi connectivity index (χ0n) is 11.6. The van der Waals surface area contributed by atoms with Crippen LogP contribution in [-0.4, -0.2) is 10.4 Å². The summed E-state index contributed by atoms with van der Waals surface area (Å²) in [5.74, 6) is 0.908. The Balaban J connectivity index is 3.99. The summed E-state index contributed by atoms with van der Waals surface area (Å²) in [6.45, 7) is 9.11. The van der Waals surface area contributed by atoms with Crippen molar-refractivity contribution in [2.24, 2.45) is 5.92 Å². The van der Waals surface area contributed by atoms with Crippen LogP contribution >= 0.6 is 21.9 Å². The Labute approximate surface area is 111 Å². The molecule has 98 valence electrons. The van der Waals surface area contributed by atoms with Crippen molar-refractivity contribution in [3.8, 4) is 0 Å². The molecule has 0 spiro atoms. The SMILES string of the molecule is CCCCC(CCC(C)(S)CC)CC(C)P. The summed E-state index contributed by atoms with van der Waals surface area (Å²) in [6.07, 6.45) is 9.27. The molecule has 0 saturated carbocycles. The van der Waals surface area contributed by atoms with Gasteiger partial charge in [0.2, 0.25) is 0 Å². The Bertz CT molecular complexity index is 166. The zero-order chi connectivity index (χ0) is 12.6. The highest BCUT2D eigenvalue weighted by Gasteiger charge is 2.19. The molecular weight excluding hydrogens is 231 g/mol. The minimum Gasteiger partial charge on any atom is -0.173 e. The van der Waals surface area contributed by atoms with Crippen molar-refractivity contribution in [3.05, 3.63) is 0 Å². The van der Waals surface area contributed by atoms with Crippen molar-refractivity contribution in [1.29, 1.82) is 0 Å². The average molecular weight is 262 g/mol. The Kier molecular flexibility index (Phi) is 9.24. The highest BCUT2D eigenvalue weighted by molar-refractivity contribution is 7.81. The van der Waals surface area contributed by atoms with E-state index < -0.39 is 0 Å². The molecule has 0 heterocycles. The fourth-order valence-corrected chi connectivity index (χ4v) is 2.60. The van der Waals surface area contributed by atoms with E-state index in [0.717, 1.165) is 11.6 Å². The van der Waals surface area contributed by atoms with E-state index in [1.54, 1.807) is 0 Å². The van der Waals surface area contributed by atoms with Crippen molar-refractivity contribution in [2.75, 3.05) is 0 Å². The van der Waals surface area contributed by atoms with Gasteiger partial charge in [0.15, 0.2) is 0 Å². The molecule has 4 atom stereocenters. The third-order valence-electron chi connectivity index (χ3n) is 3.52. The number of hydrogen-bond acceptors (Lipinski definition) is 1. The maximum Gasteiger partial charge on any atom is 0.00988 e. The van der Waals surface area contributed by atoms with E-state index in [1.165, 1.54) is 44.9 Å². The van der Waals surface area contributed by atoms with Gasteiger partial charge in [-0.05, 0) is 37.3 Å². The third kappa shape index (κ3) is 8.88. The molecule has 0 aromatic rings. The van der Waals surface area contributed by atoms with Gasteiger partial charge in [0, 0.05) is 4.75 Å². The van der Waals surface area contributed by atoms with Gasteiger partial charge in [-0.1, -0.05) is 47.0 Å². The monoisotopic (exact) mass is 262 g/mol. The van der Waals surface area contributed by atoms with Crippen LogP contribution in [0.1, 0.15) is 72.6 Å². The lowest BCUT2D eigenvalue weighted by Crippen LogP contribution is -2.17.